The molecule has 0 N–H and O–H groups in total. The van der Waals surface area contributed by atoms with Crippen molar-refractivity contribution in [3.63, 3.8) is 0 Å². The molecule has 1 aliphatic heterocycles. The molecule has 0 spiro atoms. The van der Waals surface area contributed by atoms with Crippen LogP contribution < -0.4 is 0 Å². The summed E-state index contributed by atoms with van der Waals surface area (Å²) in [6, 6.07) is 0. The molecule has 0 saturated carbocycles. The molecule has 1 aliphatic rings. The molecule has 0 bridgehead atoms. The fourth-order valence-corrected chi connectivity index (χ4v) is 3.17. The van der Waals surface area contributed by atoms with Gasteiger partial charge in [-0.25, -0.2) is 0 Å². The SMILES string of the molecule is CC[C@@H]1CN(Cc2nnc(C(C)C)o2)CCS1. The first-order chi connectivity index (χ1) is 8.19. The highest BCUT2D eigenvalue weighted by Crippen LogP contribution is 2.22. The third-order valence-corrected chi connectivity index (χ3v) is 4.39. The van der Waals surface area contributed by atoms with Crippen LogP contribution in [0.15, 0.2) is 4.42 Å². The second-order valence-corrected chi connectivity index (χ2v) is 6.23. The van der Waals surface area contributed by atoms with Crippen LogP contribution in [-0.4, -0.2) is 39.2 Å². The Balaban J connectivity index is 1.91. The topological polar surface area (TPSA) is 42.2 Å². The number of hydrogen-bond acceptors (Lipinski definition) is 5. The Morgan fingerprint density at radius 1 is 1.47 bits per heavy atom. The number of hydrogen-bond donors (Lipinski definition) is 0. The minimum absolute atomic E-state index is 0.316. The molecule has 0 aromatic carbocycles. The summed E-state index contributed by atoms with van der Waals surface area (Å²) in [4.78, 5) is 2.42. The van der Waals surface area contributed by atoms with E-state index in [0.29, 0.717) is 5.92 Å². The first kappa shape index (κ1) is 12.9. The van der Waals surface area contributed by atoms with Crippen molar-refractivity contribution in [2.24, 2.45) is 0 Å². The van der Waals surface area contributed by atoms with E-state index in [1.165, 1.54) is 12.2 Å². The molecule has 0 unspecified atom stereocenters. The minimum Gasteiger partial charge on any atom is -0.424 e. The van der Waals surface area contributed by atoms with E-state index in [-0.39, 0.29) is 0 Å². The van der Waals surface area contributed by atoms with E-state index >= 15 is 0 Å². The Morgan fingerprint density at radius 3 is 2.94 bits per heavy atom. The van der Waals surface area contributed by atoms with Crippen LogP contribution in [0.2, 0.25) is 0 Å². The molecule has 96 valence electrons. The van der Waals surface area contributed by atoms with Gasteiger partial charge in [-0.2, -0.15) is 11.8 Å². The predicted molar refractivity (Wildman–Crippen MR) is 70.2 cm³/mol. The lowest BCUT2D eigenvalue weighted by Crippen LogP contribution is -2.37. The number of aromatic nitrogens is 2. The summed E-state index contributed by atoms with van der Waals surface area (Å²) >= 11 is 2.08. The van der Waals surface area contributed by atoms with Gasteiger partial charge in [0.15, 0.2) is 0 Å². The van der Waals surface area contributed by atoms with Crippen LogP contribution >= 0.6 is 11.8 Å². The molecule has 0 radical (unpaired) electrons. The van der Waals surface area contributed by atoms with Crippen LogP contribution in [0.3, 0.4) is 0 Å². The minimum atomic E-state index is 0.316. The van der Waals surface area contributed by atoms with Gasteiger partial charge in [-0.05, 0) is 6.42 Å². The molecule has 1 atom stereocenters. The van der Waals surface area contributed by atoms with E-state index in [1.54, 1.807) is 0 Å². The van der Waals surface area contributed by atoms with E-state index in [4.69, 9.17) is 4.42 Å². The Hall–Kier alpha value is -0.550. The summed E-state index contributed by atoms with van der Waals surface area (Å²) in [7, 11) is 0. The average molecular weight is 255 g/mol. The molecular formula is C12H21N3OS. The molecule has 2 heterocycles. The van der Waals surface area contributed by atoms with Gasteiger partial charge in [-0.1, -0.05) is 20.8 Å². The molecule has 17 heavy (non-hydrogen) atoms. The van der Waals surface area contributed by atoms with Gasteiger partial charge in [0.05, 0.1) is 6.54 Å². The molecule has 4 nitrogen and oxygen atoms in total. The van der Waals surface area contributed by atoms with E-state index in [9.17, 15) is 0 Å². The lowest BCUT2D eigenvalue weighted by Gasteiger charge is -2.30. The van der Waals surface area contributed by atoms with Crippen molar-refractivity contribution in [2.45, 2.75) is 44.9 Å². The zero-order valence-electron chi connectivity index (χ0n) is 10.8. The van der Waals surface area contributed by atoms with Gasteiger partial charge < -0.3 is 4.42 Å². The maximum Gasteiger partial charge on any atom is 0.230 e. The highest BCUT2D eigenvalue weighted by Gasteiger charge is 2.21. The Bertz CT molecular complexity index is 353. The second kappa shape index (κ2) is 5.87. The second-order valence-electron chi connectivity index (χ2n) is 4.82. The van der Waals surface area contributed by atoms with Crippen molar-refractivity contribution < 1.29 is 4.42 Å². The standard InChI is InChI=1S/C12H21N3OS/c1-4-10-7-15(5-6-17-10)8-11-13-14-12(16-11)9(2)3/h9-10H,4-8H2,1-3H3/t10-/m1/s1. The molecule has 2 rings (SSSR count). The van der Waals surface area contributed by atoms with Gasteiger partial charge in [-0.15, -0.1) is 10.2 Å². The van der Waals surface area contributed by atoms with Gasteiger partial charge in [0, 0.05) is 30.0 Å². The van der Waals surface area contributed by atoms with E-state index in [1.807, 2.05) is 0 Å². The largest absolute Gasteiger partial charge is 0.424 e. The zero-order valence-corrected chi connectivity index (χ0v) is 11.7. The third-order valence-electron chi connectivity index (χ3n) is 3.01. The highest BCUT2D eigenvalue weighted by atomic mass is 32.2. The molecule has 1 aromatic heterocycles. The molecular weight excluding hydrogens is 234 g/mol. The Morgan fingerprint density at radius 2 is 2.29 bits per heavy atom. The predicted octanol–water partition coefficient (Wildman–Crippen LogP) is 2.52. The summed E-state index contributed by atoms with van der Waals surface area (Å²) in [5, 5.41) is 8.95. The van der Waals surface area contributed by atoms with Crippen LogP contribution in [0.4, 0.5) is 0 Å². The van der Waals surface area contributed by atoms with Crippen molar-refractivity contribution in [1.82, 2.24) is 15.1 Å². The quantitative estimate of drug-likeness (QED) is 0.827. The zero-order chi connectivity index (χ0) is 12.3. The Kier molecular flexibility index (Phi) is 4.45. The summed E-state index contributed by atoms with van der Waals surface area (Å²) < 4.78 is 5.65. The summed E-state index contributed by atoms with van der Waals surface area (Å²) in [6.45, 7) is 9.46. The maximum absolute atomic E-state index is 5.65. The lowest BCUT2D eigenvalue weighted by atomic mass is 10.2. The average Bonchev–Trinajstić information content (AvgIpc) is 2.78. The fourth-order valence-electron chi connectivity index (χ4n) is 1.93. The van der Waals surface area contributed by atoms with E-state index in [2.05, 4.69) is 47.6 Å². The van der Waals surface area contributed by atoms with E-state index < -0.39 is 0 Å². The van der Waals surface area contributed by atoms with Crippen LogP contribution in [0, 0.1) is 0 Å². The monoisotopic (exact) mass is 255 g/mol. The van der Waals surface area contributed by atoms with Crippen LogP contribution in [0.5, 0.6) is 0 Å². The van der Waals surface area contributed by atoms with Gasteiger partial charge in [0.25, 0.3) is 0 Å². The number of thioether (sulfide) groups is 1. The molecule has 1 aromatic rings. The van der Waals surface area contributed by atoms with Crippen molar-refractivity contribution in [3.05, 3.63) is 11.8 Å². The molecule has 5 heteroatoms. The third kappa shape index (κ3) is 3.45. The number of rotatable bonds is 4. The molecule has 1 fully saturated rings. The smallest absolute Gasteiger partial charge is 0.230 e. The number of nitrogens with zero attached hydrogens (tertiary/aromatic N) is 3. The van der Waals surface area contributed by atoms with Crippen molar-refractivity contribution in [1.29, 1.82) is 0 Å². The summed E-state index contributed by atoms with van der Waals surface area (Å²) in [6.07, 6.45) is 1.24. The normalized spacial score (nSPS) is 22.2. The summed E-state index contributed by atoms with van der Waals surface area (Å²) in [5.74, 6) is 3.04. The van der Waals surface area contributed by atoms with Crippen molar-refractivity contribution in [3.8, 4) is 0 Å². The highest BCUT2D eigenvalue weighted by molar-refractivity contribution is 8.00. The van der Waals surface area contributed by atoms with Crippen LogP contribution in [0.25, 0.3) is 0 Å². The van der Waals surface area contributed by atoms with Gasteiger partial charge in [-0.3, -0.25) is 4.90 Å². The van der Waals surface area contributed by atoms with Gasteiger partial charge >= 0.3 is 0 Å². The van der Waals surface area contributed by atoms with Gasteiger partial charge in [0.2, 0.25) is 11.8 Å². The Labute approximate surface area is 107 Å². The van der Waals surface area contributed by atoms with E-state index in [0.717, 1.165) is 36.7 Å². The fraction of sp³-hybridized carbons (Fsp3) is 0.833. The lowest BCUT2D eigenvalue weighted by molar-refractivity contribution is 0.242. The van der Waals surface area contributed by atoms with Crippen molar-refractivity contribution in [2.75, 3.05) is 18.8 Å². The maximum atomic E-state index is 5.65. The van der Waals surface area contributed by atoms with Gasteiger partial charge in [0.1, 0.15) is 0 Å². The molecule has 0 aliphatic carbocycles. The molecule has 0 amide bonds. The van der Waals surface area contributed by atoms with Crippen molar-refractivity contribution >= 4 is 11.8 Å². The first-order valence-corrected chi connectivity index (χ1v) is 7.40. The molecule has 1 saturated heterocycles. The van der Waals surface area contributed by atoms with Crippen LogP contribution in [-0.2, 0) is 6.54 Å². The first-order valence-electron chi connectivity index (χ1n) is 6.35. The summed E-state index contributed by atoms with van der Waals surface area (Å²) in [5.41, 5.74) is 0. The van der Waals surface area contributed by atoms with Crippen LogP contribution in [0.1, 0.15) is 44.9 Å².